The Bertz CT molecular complexity index is 715. The van der Waals surface area contributed by atoms with Crippen LogP contribution in [0.15, 0.2) is 29.3 Å². The molecule has 2 aromatic rings. The molecule has 0 bridgehead atoms. The Labute approximate surface area is 111 Å². The monoisotopic (exact) mass is 302 g/mol. The standard InChI is InChI=1S/C9H7FN4O3S2/c10-6-3-5(1-2-8(6)19(11,16)17)13-9(15)7-4-12-14-18-7/h1-4H,(H,13,15)(H2,11,16,17). The second kappa shape index (κ2) is 4.99. The van der Waals surface area contributed by atoms with Crippen molar-refractivity contribution in [3.05, 3.63) is 35.1 Å². The van der Waals surface area contributed by atoms with Crippen LogP contribution in [0.25, 0.3) is 0 Å². The lowest BCUT2D eigenvalue weighted by Crippen LogP contribution is -2.15. The van der Waals surface area contributed by atoms with Gasteiger partial charge in [-0.15, -0.1) is 5.10 Å². The van der Waals surface area contributed by atoms with E-state index >= 15 is 0 Å². The second-order valence-corrected chi connectivity index (χ2v) is 5.74. The van der Waals surface area contributed by atoms with Gasteiger partial charge >= 0.3 is 0 Å². The Morgan fingerprint density at radius 3 is 2.68 bits per heavy atom. The summed E-state index contributed by atoms with van der Waals surface area (Å²) in [7, 11) is -4.13. The molecular weight excluding hydrogens is 295 g/mol. The van der Waals surface area contributed by atoms with Crippen molar-refractivity contribution in [3.63, 3.8) is 0 Å². The summed E-state index contributed by atoms with van der Waals surface area (Å²) in [5, 5.41) is 10.7. The molecule has 0 aliphatic heterocycles. The van der Waals surface area contributed by atoms with Crippen LogP contribution < -0.4 is 10.5 Å². The van der Waals surface area contributed by atoms with Crippen molar-refractivity contribution in [3.8, 4) is 0 Å². The Hall–Kier alpha value is -1.91. The van der Waals surface area contributed by atoms with Gasteiger partial charge in [0.05, 0.1) is 6.20 Å². The van der Waals surface area contributed by atoms with E-state index in [1.807, 2.05) is 0 Å². The molecule has 1 amide bonds. The second-order valence-electron chi connectivity index (χ2n) is 3.43. The van der Waals surface area contributed by atoms with Gasteiger partial charge in [-0.1, -0.05) is 4.49 Å². The molecule has 10 heteroatoms. The zero-order valence-corrected chi connectivity index (χ0v) is 10.8. The third-order valence-corrected chi connectivity index (χ3v) is 3.69. The number of benzene rings is 1. The molecule has 0 saturated heterocycles. The highest BCUT2D eigenvalue weighted by Gasteiger charge is 2.16. The molecule has 19 heavy (non-hydrogen) atoms. The largest absolute Gasteiger partial charge is 0.321 e. The molecule has 0 saturated carbocycles. The van der Waals surface area contributed by atoms with Crippen LogP contribution in [0.4, 0.5) is 10.1 Å². The van der Waals surface area contributed by atoms with Gasteiger partial charge in [0.1, 0.15) is 15.6 Å². The molecule has 0 atom stereocenters. The Kier molecular flexibility index (Phi) is 3.55. The van der Waals surface area contributed by atoms with Gasteiger partial charge in [0.2, 0.25) is 10.0 Å². The highest BCUT2D eigenvalue weighted by molar-refractivity contribution is 7.89. The van der Waals surface area contributed by atoms with Crippen LogP contribution in [0.5, 0.6) is 0 Å². The highest BCUT2D eigenvalue weighted by Crippen LogP contribution is 2.18. The first-order valence-corrected chi connectivity index (χ1v) is 7.11. The fourth-order valence-electron chi connectivity index (χ4n) is 1.27. The molecule has 0 aliphatic carbocycles. The quantitative estimate of drug-likeness (QED) is 0.860. The fraction of sp³-hybridized carbons (Fsp3) is 0. The van der Waals surface area contributed by atoms with Gasteiger partial charge in [-0.05, 0) is 29.7 Å². The van der Waals surface area contributed by atoms with Gasteiger partial charge in [0.15, 0.2) is 0 Å². The summed E-state index contributed by atoms with van der Waals surface area (Å²) in [4.78, 5) is 11.2. The normalized spacial score (nSPS) is 11.3. The van der Waals surface area contributed by atoms with E-state index in [4.69, 9.17) is 5.14 Å². The zero-order chi connectivity index (χ0) is 14.0. The number of hydrogen-bond acceptors (Lipinski definition) is 6. The summed E-state index contributed by atoms with van der Waals surface area (Å²) in [6.45, 7) is 0. The van der Waals surface area contributed by atoms with E-state index in [2.05, 4.69) is 14.9 Å². The summed E-state index contributed by atoms with van der Waals surface area (Å²) < 4.78 is 39.0. The first-order chi connectivity index (χ1) is 8.88. The minimum absolute atomic E-state index is 0.100. The van der Waals surface area contributed by atoms with Gasteiger partial charge in [0, 0.05) is 5.69 Å². The summed E-state index contributed by atoms with van der Waals surface area (Å²) in [5.74, 6) is -1.56. The third-order valence-electron chi connectivity index (χ3n) is 2.08. The number of halogens is 1. The number of nitrogens with two attached hydrogens (primary N) is 1. The number of nitrogens with zero attached hydrogens (tertiary/aromatic N) is 2. The maximum absolute atomic E-state index is 13.5. The molecule has 0 unspecified atom stereocenters. The summed E-state index contributed by atoms with van der Waals surface area (Å²) in [6, 6.07) is 3.08. The van der Waals surface area contributed by atoms with Crippen molar-refractivity contribution in [1.82, 2.24) is 9.59 Å². The number of nitrogens with one attached hydrogen (secondary N) is 1. The zero-order valence-electron chi connectivity index (χ0n) is 9.20. The lowest BCUT2D eigenvalue weighted by atomic mass is 10.3. The molecule has 7 nitrogen and oxygen atoms in total. The molecule has 0 spiro atoms. The number of anilines is 1. The molecule has 1 aromatic heterocycles. The van der Waals surface area contributed by atoms with Crippen molar-refractivity contribution in [1.29, 1.82) is 0 Å². The topological polar surface area (TPSA) is 115 Å². The minimum Gasteiger partial charge on any atom is -0.321 e. The van der Waals surface area contributed by atoms with E-state index in [1.165, 1.54) is 12.3 Å². The van der Waals surface area contributed by atoms with E-state index in [-0.39, 0.29) is 10.6 Å². The number of aromatic nitrogens is 2. The Morgan fingerprint density at radius 2 is 2.16 bits per heavy atom. The maximum Gasteiger partial charge on any atom is 0.269 e. The lowest BCUT2D eigenvalue weighted by molar-refractivity contribution is 0.103. The predicted molar refractivity (Wildman–Crippen MR) is 65.6 cm³/mol. The van der Waals surface area contributed by atoms with E-state index in [9.17, 15) is 17.6 Å². The average Bonchev–Trinajstić information content (AvgIpc) is 2.80. The lowest BCUT2D eigenvalue weighted by Gasteiger charge is -2.05. The fourth-order valence-corrected chi connectivity index (χ4v) is 2.27. The number of carbonyl (C=O) groups is 1. The van der Waals surface area contributed by atoms with Crippen molar-refractivity contribution >= 4 is 33.2 Å². The van der Waals surface area contributed by atoms with Gasteiger partial charge in [0.25, 0.3) is 5.91 Å². The van der Waals surface area contributed by atoms with Crippen molar-refractivity contribution in [2.45, 2.75) is 4.90 Å². The Balaban J connectivity index is 2.24. The van der Waals surface area contributed by atoms with Crippen LogP contribution in [0.3, 0.4) is 0 Å². The van der Waals surface area contributed by atoms with Gasteiger partial charge in [-0.2, -0.15) is 0 Å². The number of carbonyl (C=O) groups excluding carboxylic acids is 1. The molecule has 3 N–H and O–H groups in total. The molecular formula is C9H7FN4O3S2. The number of hydrogen-bond donors (Lipinski definition) is 2. The summed E-state index contributed by atoms with van der Waals surface area (Å²) in [5.41, 5.74) is 0.100. The van der Waals surface area contributed by atoms with E-state index in [0.29, 0.717) is 0 Å². The molecule has 0 radical (unpaired) electrons. The average molecular weight is 302 g/mol. The van der Waals surface area contributed by atoms with Crippen molar-refractivity contribution in [2.24, 2.45) is 5.14 Å². The molecule has 1 aromatic carbocycles. The predicted octanol–water partition coefficient (Wildman–Crippen LogP) is 0.577. The van der Waals surface area contributed by atoms with E-state index in [1.54, 1.807) is 0 Å². The van der Waals surface area contributed by atoms with Gasteiger partial charge < -0.3 is 5.32 Å². The van der Waals surface area contributed by atoms with Crippen molar-refractivity contribution in [2.75, 3.05) is 5.32 Å². The molecule has 1 heterocycles. The first kappa shape index (κ1) is 13.5. The molecule has 0 aliphatic rings. The maximum atomic E-state index is 13.5. The number of rotatable bonds is 3. The van der Waals surface area contributed by atoms with Crippen LogP contribution in [0.2, 0.25) is 0 Å². The van der Waals surface area contributed by atoms with Crippen LogP contribution in [0.1, 0.15) is 9.67 Å². The smallest absolute Gasteiger partial charge is 0.269 e. The van der Waals surface area contributed by atoms with Gasteiger partial charge in [-0.3, -0.25) is 4.79 Å². The SMILES string of the molecule is NS(=O)(=O)c1ccc(NC(=O)c2cnns2)cc1F. The van der Waals surface area contributed by atoms with E-state index < -0.39 is 26.6 Å². The number of primary sulfonamides is 1. The van der Waals surface area contributed by atoms with Crippen LogP contribution in [-0.4, -0.2) is 23.9 Å². The van der Waals surface area contributed by atoms with Crippen LogP contribution in [0, 0.1) is 5.82 Å². The molecule has 100 valence electrons. The summed E-state index contributed by atoms with van der Waals surface area (Å²) >= 11 is 0.879. The number of amides is 1. The Morgan fingerprint density at radius 1 is 1.42 bits per heavy atom. The van der Waals surface area contributed by atoms with Crippen molar-refractivity contribution < 1.29 is 17.6 Å². The summed E-state index contributed by atoms with van der Waals surface area (Å²) in [6.07, 6.45) is 1.26. The first-order valence-electron chi connectivity index (χ1n) is 4.79. The number of sulfonamides is 1. The van der Waals surface area contributed by atoms with Crippen LogP contribution in [-0.2, 0) is 10.0 Å². The van der Waals surface area contributed by atoms with Crippen LogP contribution >= 0.6 is 11.5 Å². The minimum atomic E-state index is -4.13. The molecule has 2 rings (SSSR count). The third kappa shape index (κ3) is 3.10. The highest BCUT2D eigenvalue weighted by atomic mass is 32.2. The van der Waals surface area contributed by atoms with E-state index in [0.717, 1.165) is 23.7 Å². The van der Waals surface area contributed by atoms with Gasteiger partial charge in [-0.25, -0.2) is 17.9 Å². The molecule has 0 fully saturated rings.